The van der Waals surface area contributed by atoms with Gasteiger partial charge in [-0.3, -0.25) is 0 Å². The van der Waals surface area contributed by atoms with Crippen molar-refractivity contribution in [3.63, 3.8) is 0 Å². The highest BCUT2D eigenvalue weighted by Gasteiger charge is 2.79. The van der Waals surface area contributed by atoms with Crippen LogP contribution in [0.2, 0.25) is 0 Å². The average molecular weight is 777 g/mol. The molecular weight excluding hydrogens is 755 g/mol. The lowest BCUT2D eigenvalue weighted by Crippen LogP contribution is -2.49. The molecule has 48 heavy (non-hydrogen) atoms. The van der Waals surface area contributed by atoms with Crippen molar-refractivity contribution in [2.24, 2.45) is 0 Å². The Labute approximate surface area is 297 Å². The molecule has 0 saturated heterocycles. The standard InChI is InChI=1S/C19H14F6O2S3.C13H8O2S3/c1-10-15(18(22,23)19(24,25)17(10,20)21)11(5-3-2-4-8-28)9-12(29)13-6-7-14(30-13)16(26)27;14-13(15)12-6-5-11(18-12)10-4-3-9(17-10)8-2-1-7-16-8/h2-9,28-29H,1H3,(H,26,27);1-7H,(H,14,15)/b3-2+,8-4-,11-5-,12-9-;. The number of thiol groups is 2. The molecule has 1 aliphatic carbocycles. The number of carboxylic acids is 2. The second kappa shape index (κ2) is 15.1. The van der Waals surface area contributed by atoms with Gasteiger partial charge in [0.1, 0.15) is 9.75 Å². The zero-order valence-corrected chi connectivity index (χ0v) is 29.2. The molecule has 0 unspecified atom stereocenters. The van der Waals surface area contributed by atoms with Crippen LogP contribution in [0.5, 0.6) is 0 Å². The van der Waals surface area contributed by atoms with E-state index >= 15 is 0 Å². The topological polar surface area (TPSA) is 74.6 Å². The number of carboxylic acid groups (broad SMARTS) is 2. The smallest absolute Gasteiger partial charge is 0.380 e. The SMILES string of the molecule is CC1=C(C(=C\C=C\C=C/S)/C=C(\S)c2ccc(C(=O)O)s2)C(F)(F)C(F)(F)C1(F)F.O=C(O)c1ccc(-c2ccc(-c3cccs3)s2)s1. The van der Waals surface area contributed by atoms with Crippen LogP contribution in [0.15, 0.2) is 106 Å². The molecule has 0 fully saturated rings. The van der Waals surface area contributed by atoms with Gasteiger partial charge in [-0.05, 0) is 71.8 Å². The van der Waals surface area contributed by atoms with Crippen LogP contribution in [0.3, 0.4) is 0 Å². The van der Waals surface area contributed by atoms with Crippen molar-refractivity contribution in [1.82, 2.24) is 0 Å². The maximum Gasteiger partial charge on any atom is 0.380 e. The molecule has 2 N–H and O–H groups in total. The van der Waals surface area contributed by atoms with E-state index in [-0.39, 0.29) is 14.7 Å². The number of allylic oxidation sites excluding steroid dienone is 8. The van der Waals surface area contributed by atoms with Gasteiger partial charge in [-0.25, -0.2) is 9.59 Å². The van der Waals surface area contributed by atoms with Gasteiger partial charge >= 0.3 is 29.7 Å². The molecule has 0 radical (unpaired) electrons. The number of rotatable bonds is 9. The van der Waals surface area contributed by atoms with E-state index in [1.165, 1.54) is 56.9 Å². The second-order valence-corrected chi connectivity index (χ2v) is 14.7. The number of carbonyl (C=O) groups is 2. The maximum atomic E-state index is 14.4. The summed E-state index contributed by atoms with van der Waals surface area (Å²) in [5.41, 5.74) is -3.59. The van der Waals surface area contributed by atoms with Crippen molar-refractivity contribution in [3.05, 3.63) is 121 Å². The average Bonchev–Trinajstić information content (AvgIpc) is 3.85. The van der Waals surface area contributed by atoms with E-state index in [1.54, 1.807) is 28.7 Å². The highest BCUT2D eigenvalue weighted by molar-refractivity contribution is 7.90. The van der Waals surface area contributed by atoms with Crippen LogP contribution in [-0.2, 0) is 0 Å². The van der Waals surface area contributed by atoms with Crippen LogP contribution in [-0.4, -0.2) is 39.9 Å². The van der Waals surface area contributed by atoms with E-state index in [0.29, 0.717) is 11.8 Å². The Hall–Kier alpha value is -3.28. The third-order valence-electron chi connectivity index (χ3n) is 6.61. The van der Waals surface area contributed by atoms with Gasteiger partial charge in [0.2, 0.25) is 0 Å². The summed E-state index contributed by atoms with van der Waals surface area (Å²) in [7, 11) is 0. The lowest BCUT2D eigenvalue weighted by atomic mass is 9.98. The molecule has 16 heteroatoms. The largest absolute Gasteiger partial charge is 0.477 e. The number of alkyl halides is 6. The fraction of sp³-hybridized carbons (Fsp3) is 0.125. The number of aromatic carboxylic acids is 2. The van der Waals surface area contributed by atoms with Crippen molar-refractivity contribution in [3.8, 4) is 19.5 Å². The zero-order valence-electron chi connectivity index (χ0n) is 24.2. The Kier molecular flexibility index (Phi) is 11.8. The summed E-state index contributed by atoms with van der Waals surface area (Å²) in [6.07, 6.45) is 5.77. The normalized spacial score (nSPS) is 17.3. The van der Waals surface area contributed by atoms with Crippen LogP contribution >= 0.6 is 70.6 Å². The summed E-state index contributed by atoms with van der Waals surface area (Å²) in [5, 5.41) is 21.3. The molecule has 4 aromatic rings. The molecule has 0 aliphatic heterocycles. The maximum absolute atomic E-state index is 14.4. The molecule has 1 aliphatic rings. The Morgan fingerprint density at radius 3 is 1.81 bits per heavy atom. The lowest BCUT2D eigenvalue weighted by Gasteiger charge is -2.25. The predicted octanol–water partition coefficient (Wildman–Crippen LogP) is 11.8. The third-order valence-corrected chi connectivity index (χ3v) is 11.8. The van der Waals surface area contributed by atoms with Gasteiger partial charge in [-0.2, -0.15) is 39.0 Å². The second-order valence-electron chi connectivity index (χ2n) is 9.68. The summed E-state index contributed by atoms with van der Waals surface area (Å²) in [6, 6.07) is 14.4. The number of hydrogen-bond acceptors (Lipinski definition) is 8. The van der Waals surface area contributed by atoms with Crippen molar-refractivity contribution in [2.75, 3.05) is 0 Å². The lowest BCUT2D eigenvalue weighted by molar-refractivity contribution is -0.264. The van der Waals surface area contributed by atoms with E-state index in [2.05, 4.69) is 48.8 Å². The summed E-state index contributed by atoms with van der Waals surface area (Å²) < 4.78 is 84.4. The zero-order chi connectivity index (χ0) is 35.4. The highest BCUT2D eigenvalue weighted by Crippen LogP contribution is 2.61. The van der Waals surface area contributed by atoms with Crippen LogP contribution < -0.4 is 0 Å². The van der Waals surface area contributed by atoms with Gasteiger partial charge in [0, 0.05) is 40.4 Å². The predicted molar refractivity (Wildman–Crippen MR) is 189 cm³/mol. The molecule has 0 aromatic carbocycles. The first-order valence-electron chi connectivity index (χ1n) is 13.3. The number of hydrogen-bond donors (Lipinski definition) is 4. The third kappa shape index (κ3) is 7.63. The first kappa shape index (κ1) is 37.5. The van der Waals surface area contributed by atoms with Crippen molar-refractivity contribution in [2.45, 2.75) is 24.7 Å². The number of halogens is 6. The van der Waals surface area contributed by atoms with Gasteiger partial charge in [-0.15, -0.1) is 58.0 Å². The molecule has 4 nitrogen and oxygen atoms in total. The molecule has 0 bridgehead atoms. The van der Waals surface area contributed by atoms with Crippen LogP contribution in [0, 0.1) is 0 Å². The molecule has 4 aromatic heterocycles. The monoisotopic (exact) mass is 776 g/mol. The molecule has 0 atom stereocenters. The van der Waals surface area contributed by atoms with Crippen LogP contribution in [0.25, 0.3) is 24.4 Å². The van der Waals surface area contributed by atoms with Gasteiger partial charge in [0.05, 0.1) is 0 Å². The summed E-state index contributed by atoms with van der Waals surface area (Å²) in [4.78, 5) is 26.9. The molecular formula is C32H22F6O4S6. The Balaban J connectivity index is 0.000000244. The molecule has 0 saturated carbocycles. The van der Waals surface area contributed by atoms with Crippen LogP contribution in [0.4, 0.5) is 26.3 Å². The van der Waals surface area contributed by atoms with E-state index < -0.39 is 46.4 Å². The summed E-state index contributed by atoms with van der Waals surface area (Å²) >= 11 is 13.4. The molecule has 4 heterocycles. The Morgan fingerprint density at radius 1 is 0.729 bits per heavy atom. The fourth-order valence-electron chi connectivity index (χ4n) is 4.27. The fourth-order valence-corrected chi connectivity index (χ4v) is 8.26. The Morgan fingerprint density at radius 2 is 1.29 bits per heavy atom. The van der Waals surface area contributed by atoms with Crippen LogP contribution in [0.1, 0.15) is 31.1 Å². The minimum atomic E-state index is -5.61. The highest BCUT2D eigenvalue weighted by atomic mass is 32.1. The number of thiophene rings is 4. The van der Waals surface area contributed by atoms with Gasteiger partial charge in [0.15, 0.2) is 0 Å². The first-order chi connectivity index (χ1) is 22.5. The van der Waals surface area contributed by atoms with E-state index in [4.69, 9.17) is 10.2 Å². The molecule has 0 spiro atoms. The van der Waals surface area contributed by atoms with Crippen molar-refractivity contribution in [1.29, 1.82) is 0 Å². The Bertz CT molecular complexity index is 1960. The minimum Gasteiger partial charge on any atom is -0.477 e. The van der Waals surface area contributed by atoms with E-state index in [9.17, 15) is 35.9 Å². The summed E-state index contributed by atoms with van der Waals surface area (Å²) in [6.45, 7) is 0.523. The minimum absolute atomic E-state index is 0.0634. The van der Waals surface area contributed by atoms with Crippen molar-refractivity contribution >= 4 is 87.4 Å². The van der Waals surface area contributed by atoms with Gasteiger partial charge in [0.25, 0.3) is 0 Å². The molecule has 252 valence electrons. The molecule has 0 amide bonds. The quantitative estimate of drug-likeness (QED) is 0.0776. The van der Waals surface area contributed by atoms with E-state index in [1.807, 2.05) is 12.1 Å². The summed E-state index contributed by atoms with van der Waals surface area (Å²) in [5.74, 6) is -17.9. The van der Waals surface area contributed by atoms with Gasteiger partial charge < -0.3 is 10.2 Å². The van der Waals surface area contributed by atoms with E-state index in [0.717, 1.165) is 33.2 Å². The first-order valence-corrected chi connectivity index (χ1v) is 17.6. The molecule has 5 rings (SSSR count). The van der Waals surface area contributed by atoms with Crippen molar-refractivity contribution < 1.29 is 46.1 Å². The van der Waals surface area contributed by atoms with Gasteiger partial charge in [-0.1, -0.05) is 30.4 Å².